The molecule has 1 aromatic carbocycles. The van der Waals surface area contributed by atoms with Crippen molar-refractivity contribution in [1.29, 1.82) is 0 Å². The van der Waals surface area contributed by atoms with E-state index in [1.165, 1.54) is 6.92 Å². The van der Waals surface area contributed by atoms with Gasteiger partial charge in [0.25, 0.3) is 0 Å². The summed E-state index contributed by atoms with van der Waals surface area (Å²) in [7, 11) is 1.72. The average Bonchev–Trinajstić information content (AvgIpc) is 3.07. The van der Waals surface area contributed by atoms with Gasteiger partial charge in [-0.25, -0.2) is 0 Å². The molecule has 7 nitrogen and oxygen atoms in total. The van der Waals surface area contributed by atoms with Crippen molar-refractivity contribution in [3.63, 3.8) is 0 Å². The highest BCUT2D eigenvalue weighted by Crippen LogP contribution is 2.37. The number of rotatable bonds is 5. The Morgan fingerprint density at radius 2 is 1.92 bits per heavy atom. The molecule has 2 aliphatic rings. The van der Waals surface area contributed by atoms with Gasteiger partial charge in [-0.15, -0.1) is 0 Å². The van der Waals surface area contributed by atoms with Gasteiger partial charge < -0.3 is 20.1 Å². The van der Waals surface area contributed by atoms with E-state index < -0.39 is 0 Å². The SMILES string of the molecule is CO[C@H]1CN(CC(=O)Nc2ccc(NC(C)=O)cc2)CC[C@@]12CCCO2. The summed E-state index contributed by atoms with van der Waals surface area (Å²) in [6, 6.07) is 7.08. The lowest BCUT2D eigenvalue weighted by molar-refractivity contribution is -0.145. The highest BCUT2D eigenvalue weighted by atomic mass is 16.5. The topological polar surface area (TPSA) is 79.9 Å². The molecular formula is C19H27N3O4. The second-order valence-corrected chi connectivity index (χ2v) is 7.03. The second kappa shape index (κ2) is 8.16. The van der Waals surface area contributed by atoms with Gasteiger partial charge in [-0.3, -0.25) is 14.5 Å². The minimum Gasteiger partial charge on any atom is -0.377 e. The Hall–Kier alpha value is -1.96. The van der Waals surface area contributed by atoms with Gasteiger partial charge in [0.2, 0.25) is 11.8 Å². The van der Waals surface area contributed by atoms with Crippen molar-refractivity contribution >= 4 is 23.2 Å². The monoisotopic (exact) mass is 361 g/mol. The molecule has 2 atom stereocenters. The van der Waals surface area contributed by atoms with E-state index in [0.29, 0.717) is 24.5 Å². The highest BCUT2D eigenvalue weighted by molar-refractivity contribution is 5.93. The maximum absolute atomic E-state index is 12.4. The number of amides is 2. The molecule has 2 saturated heterocycles. The first-order valence-electron chi connectivity index (χ1n) is 9.07. The first-order chi connectivity index (χ1) is 12.5. The number of anilines is 2. The van der Waals surface area contributed by atoms with Crippen molar-refractivity contribution in [1.82, 2.24) is 4.90 Å². The summed E-state index contributed by atoms with van der Waals surface area (Å²) in [5, 5.41) is 5.60. The Balaban J connectivity index is 1.51. The van der Waals surface area contributed by atoms with Gasteiger partial charge in [-0.2, -0.15) is 0 Å². The molecule has 142 valence electrons. The van der Waals surface area contributed by atoms with Crippen LogP contribution >= 0.6 is 0 Å². The van der Waals surface area contributed by atoms with Crippen molar-refractivity contribution in [2.45, 2.75) is 37.9 Å². The molecular weight excluding hydrogens is 334 g/mol. The molecule has 0 unspecified atom stereocenters. The predicted octanol–water partition coefficient (Wildman–Crippen LogP) is 1.85. The molecule has 1 aromatic rings. The molecule has 7 heteroatoms. The largest absolute Gasteiger partial charge is 0.377 e. The molecule has 2 aliphatic heterocycles. The van der Waals surface area contributed by atoms with E-state index in [4.69, 9.17) is 9.47 Å². The van der Waals surface area contributed by atoms with E-state index in [1.807, 2.05) is 0 Å². The number of hydrogen-bond donors (Lipinski definition) is 2. The van der Waals surface area contributed by atoms with Gasteiger partial charge >= 0.3 is 0 Å². The summed E-state index contributed by atoms with van der Waals surface area (Å²) in [5.41, 5.74) is 1.25. The molecule has 2 heterocycles. The number of methoxy groups -OCH3 is 1. The van der Waals surface area contributed by atoms with Crippen LogP contribution < -0.4 is 10.6 Å². The van der Waals surface area contributed by atoms with Crippen LogP contribution in [-0.2, 0) is 19.1 Å². The lowest BCUT2D eigenvalue weighted by Crippen LogP contribution is -2.57. The normalized spacial score (nSPS) is 26.0. The van der Waals surface area contributed by atoms with Gasteiger partial charge in [0.15, 0.2) is 0 Å². The molecule has 26 heavy (non-hydrogen) atoms. The summed E-state index contributed by atoms with van der Waals surface area (Å²) in [6.07, 6.45) is 3.01. The van der Waals surface area contributed by atoms with E-state index in [9.17, 15) is 9.59 Å². The van der Waals surface area contributed by atoms with Gasteiger partial charge in [-0.05, 0) is 43.5 Å². The van der Waals surface area contributed by atoms with Gasteiger partial charge in [-0.1, -0.05) is 0 Å². The minimum atomic E-state index is -0.165. The van der Waals surface area contributed by atoms with Crippen LogP contribution in [0.15, 0.2) is 24.3 Å². The molecule has 0 radical (unpaired) electrons. The fourth-order valence-electron chi connectivity index (χ4n) is 3.85. The first-order valence-corrected chi connectivity index (χ1v) is 9.07. The van der Waals surface area contributed by atoms with Crippen molar-refractivity contribution in [3.05, 3.63) is 24.3 Å². The summed E-state index contributed by atoms with van der Waals surface area (Å²) in [6.45, 7) is 4.11. The minimum absolute atomic E-state index is 0.00323. The van der Waals surface area contributed by atoms with Crippen LogP contribution in [0.1, 0.15) is 26.2 Å². The fourth-order valence-corrected chi connectivity index (χ4v) is 3.85. The second-order valence-electron chi connectivity index (χ2n) is 7.03. The van der Waals surface area contributed by atoms with E-state index in [2.05, 4.69) is 15.5 Å². The van der Waals surface area contributed by atoms with Gasteiger partial charge in [0, 0.05) is 45.1 Å². The number of likely N-dealkylation sites (tertiary alicyclic amines) is 1. The maximum Gasteiger partial charge on any atom is 0.238 e. The third kappa shape index (κ3) is 4.41. The Morgan fingerprint density at radius 1 is 1.23 bits per heavy atom. The molecule has 2 amide bonds. The number of carbonyl (C=O) groups is 2. The molecule has 3 rings (SSSR count). The van der Waals surface area contributed by atoms with Crippen LogP contribution in [0.2, 0.25) is 0 Å². The van der Waals surface area contributed by atoms with Gasteiger partial charge in [0.1, 0.15) is 0 Å². The molecule has 2 fully saturated rings. The molecule has 1 spiro atoms. The lowest BCUT2D eigenvalue weighted by Gasteiger charge is -2.44. The average molecular weight is 361 g/mol. The van der Waals surface area contributed by atoms with Crippen LogP contribution in [0, 0.1) is 0 Å². The van der Waals surface area contributed by atoms with E-state index in [-0.39, 0.29) is 23.5 Å². The number of nitrogens with zero attached hydrogens (tertiary/aromatic N) is 1. The molecule has 0 bridgehead atoms. The van der Waals surface area contributed by atoms with Crippen molar-refractivity contribution in [2.75, 3.05) is 44.0 Å². The third-order valence-electron chi connectivity index (χ3n) is 5.14. The summed E-state index contributed by atoms with van der Waals surface area (Å²) >= 11 is 0. The van der Waals surface area contributed by atoms with Crippen LogP contribution in [0.3, 0.4) is 0 Å². The van der Waals surface area contributed by atoms with Crippen LogP contribution in [0.4, 0.5) is 11.4 Å². The Labute approximate surface area is 154 Å². The first kappa shape index (κ1) is 18.8. The van der Waals surface area contributed by atoms with Crippen molar-refractivity contribution in [3.8, 4) is 0 Å². The van der Waals surface area contributed by atoms with Crippen molar-refractivity contribution in [2.24, 2.45) is 0 Å². The van der Waals surface area contributed by atoms with Crippen LogP contribution in [-0.4, -0.2) is 61.8 Å². The van der Waals surface area contributed by atoms with E-state index >= 15 is 0 Å². The maximum atomic E-state index is 12.4. The Morgan fingerprint density at radius 3 is 2.50 bits per heavy atom. The number of benzene rings is 1. The Kier molecular flexibility index (Phi) is 5.90. The quantitative estimate of drug-likeness (QED) is 0.837. The third-order valence-corrected chi connectivity index (χ3v) is 5.14. The summed E-state index contributed by atoms with van der Waals surface area (Å²) in [4.78, 5) is 25.5. The summed E-state index contributed by atoms with van der Waals surface area (Å²) in [5.74, 6) is -0.181. The van der Waals surface area contributed by atoms with Crippen molar-refractivity contribution < 1.29 is 19.1 Å². The zero-order valence-corrected chi connectivity index (χ0v) is 15.4. The Bertz CT molecular complexity index is 641. The molecule has 0 aromatic heterocycles. The summed E-state index contributed by atoms with van der Waals surface area (Å²) < 4.78 is 11.7. The number of piperidine rings is 1. The number of carbonyl (C=O) groups excluding carboxylic acids is 2. The van der Waals surface area contributed by atoms with E-state index in [1.54, 1.807) is 31.4 Å². The standard InChI is InChI=1S/C19H27N3O4/c1-14(23)20-15-4-6-16(7-5-15)21-18(24)13-22-10-9-19(8-3-11-26-19)17(12-22)25-2/h4-7,17H,3,8-13H2,1-2H3,(H,20,23)(H,21,24)/t17-,19-/m0/s1. The molecule has 0 saturated carbocycles. The van der Waals surface area contributed by atoms with E-state index in [0.717, 1.165) is 32.4 Å². The fraction of sp³-hybridized carbons (Fsp3) is 0.579. The lowest BCUT2D eigenvalue weighted by atomic mass is 9.86. The number of ether oxygens (including phenoxy) is 2. The number of nitrogens with one attached hydrogen (secondary N) is 2. The predicted molar refractivity (Wildman–Crippen MR) is 99.1 cm³/mol. The highest BCUT2D eigenvalue weighted by Gasteiger charge is 2.46. The zero-order valence-electron chi connectivity index (χ0n) is 15.4. The van der Waals surface area contributed by atoms with Crippen LogP contribution in [0.5, 0.6) is 0 Å². The van der Waals surface area contributed by atoms with Gasteiger partial charge in [0.05, 0.1) is 18.2 Å². The molecule has 0 aliphatic carbocycles. The molecule has 2 N–H and O–H groups in total. The van der Waals surface area contributed by atoms with Crippen LogP contribution in [0.25, 0.3) is 0 Å². The number of hydrogen-bond acceptors (Lipinski definition) is 5. The smallest absolute Gasteiger partial charge is 0.238 e. The zero-order chi connectivity index (χ0) is 18.6.